The van der Waals surface area contributed by atoms with Crippen LogP contribution in [-0.2, 0) is 4.74 Å². The number of hydrogen-bond acceptors (Lipinski definition) is 4. The van der Waals surface area contributed by atoms with Crippen molar-refractivity contribution in [2.45, 2.75) is 43.7 Å². The lowest BCUT2D eigenvalue weighted by Gasteiger charge is -2.39. The standard InChI is InChI=1S/C21H31N3O2/c1-22(2)18-7-5-6-17(14-18)20(25)24-12-8-21(9-13-24)15-19(16-26-21)23-10-3-4-11-23/h5-7,14,19H,3-4,8-13,15-16H2,1-2H3. The Kier molecular flexibility index (Phi) is 4.93. The molecule has 26 heavy (non-hydrogen) atoms. The van der Waals surface area contributed by atoms with Crippen molar-refractivity contribution in [2.24, 2.45) is 0 Å². The smallest absolute Gasteiger partial charge is 0.253 e. The van der Waals surface area contributed by atoms with Crippen molar-refractivity contribution in [3.8, 4) is 0 Å². The van der Waals surface area contributed by atoms with Gasteiger partial charge in [0.15, 0.2) is 0 Å². The fraction of sp³-hybridized carbons (Fsp3) is 0.667. The molecule has 3 fully saturated rings. The number of hydrogen-bond donors (Lipinski definition) is 0. The Hall–Kier alpha value is -1.59. The van der Waals surface area contributed by atoms with Gasteiger partial charge in [0, 0.05) is 44.5 Å². The van der Waals surface area contributed by atoms with Crippen molar-refractivity contribution in [3.05, 3.63) is 29.8 Å². The molecule has 1 amide bonds. The molecule has 1 aromatic rings. The van der Waals surface area contributed by atoms with Gasteiger partial charge in [0.25, 0.3) is 5.91 Å². The number of nitrogens with zero attached hydrogens (tertiary/aromatic N) is 3. The number of amides is 1. The van der Waals surface area contributed by atoms with Crippen LogP contribution in [-0.4, -0.2) is 74.2 Å². The highest BCUT2D eigenvalue weighted by Crippen LogP contribution is 2.38. The summed E-state index contributed by atoms with van der Waals surface area (Å²) in [5.41, 5.74) is 1.86. The van der Waals surface area contributed by atoms with E-state index in [2.05, 4.69) is 4.90 Å². The highest BCUT2D eigenvalue weighted by molar-refractivity contribution is 5.95. The SMILES string of the molecule is CN(C)c1cccc(C(=O)N2CCC3(CC2)CC(N2CCCC2)CO3)c1. The topological polar surface area (TPSA) is 36.0 Å². The highest BCUT2D eigenvalue weighted by Gasteiger charge is 2.45. The van der Waals surface area contributed by atoms with Gasteiger partial charge in [0.05, 0.1) is 12.2 Å². The monoisotopic (exact) mass is 357 g/mol. The minimum Gasteiger partial charge on any atom is -0.378 e. The number of carbonyl (C=O) groups is 1. The van der Waals surface area contributed by atoms with Gasteiger partial charge in [-0.25, -0.2) is 0 Å². The van der Waals surface area contributed by atoms with Crippen LogP contribution in [0.1, 0.15) is 42.5 Å². The fourth-order valence-electron chi connectivity index (χ4n) is 4.73. The third kappa shape index (κ3) is 3.47. The van der Waals surface area contributed by atoms with Crippen LogP contribution in [0.2, 0.25) is 0 Å². The van der Waals surface area contributed by atoms with Crippen molar-refractivity contribution in [1.29, 1.82) is 0 Å². The molecule has 0 aliphatic carbocycles. The van der Waals surface area contributed by atoms with E-state index in [1.165, 1.54) is 25.9 Å². The van der Waals surface area contributed by atoms with E-state index in [4.69, 9.17) is 4.74 Å². The van der Waals surface area contributed by atoms with Gasteiger partial charge in [-0.3, -0.25) is 9.69 Å². The fourth-order valence-corrected chi connectivity index (χ4v) is 4.73. The lowest BCUT2D eigenvalue weighted by Crippen LogP contribution is -2.47. The molecule has 3 aliphatic rings. The Labute approximate surface area is 156 Å². The molecule has 3 heterocycles. The molecule has 4 rings (SSSR count). The van der Waals surface area contributed by atoms with E-state index in [1.54, 1.807) is 0 Å². The van der Waals surface area contributed by atoms with Crippen LogP contribution >= 0.6 is 0 Å². The molecule has 0 bridgehead atoms. The third-order valence-electron chi connectivity index (χ3n) is 6.42. The van der Waals surface area contributed by atoms with Crippen molar-refractivity contribution in [2.75, 3.05) is 51.8 Å². The second-order valence-electron chi connectivity index (χ2n) is 8.33. The lowest BCUT2D eigenvalue weighted by atomic mass is 9.87. The molecule has 1 aromatic carbocycles. The molecule has 3 aliphatic heterocycles. The minimum absolute atomic E-state index is 0.00945. The molecular weight excluding hydrogens is 326 g/mol. The van der Waals surface area contributed by atoms with Crippen molar-refractivity contribution in [1.82, 2.24) is 9.80 Å². The van der Waals surface area contributed by atoms with Gasteiger partial charge in [0.1, 0.15) is 0 Å². The van der Waals surface area contributed by atoms with Crippen LogP contribution in [0.5, 0.6) is 0 Å². The van der Waals surface area contributed by atoms with Gasteiger partial charge in [-0.15, -0.1) is 0 Å². The summed E-state index contributed by atoms with van der Waals surface area (Å²) in [5.74, 6) is 0.151. The molecule has 1 spiro atoms. The van der Waals surface area contributed by atoms with E-state index in [1.807, 2.05) is 48.2 Å². The molecule has 1 atom stereocenters. The van der Waals surface area contributed by atoms with E-state index < -0.39 is 0 Å². The van der Waals surface area contributed by atoms with E-state index in [0.717, 1.165) is 50.2 Å². The normalized spacial score (nSPS) is 25.8. The highest BCUT2D eigenvalue weighted by atomic mass is 16.5. The Morgan fingerprint density at radius 1 is 1.15 bits per heavy atom. The third-order valence-corrected chi connectivity index (χ3v) is 6.42. The maximum absolute atomic E-state index is 12.9. The summed E-state index contributed by atoms with van der Waals surface area (Å²) >= 11 is 0. The zero-order chi connectivity index (χ0) is 18.1. The molecule has 5 heteroatoms. The summed E-state index contributed by atoms with van der Waals surface area (Å²) < 4.78 is 6.30. The lowest BCUT2D eigenvalue weighted by molar-refractivity contribution is -0.0393. The summed E-state index contributed by atoms with van der Waals surface area (Å²) in [6.45, 7) is 4.95. The Balaban J connectivity index is 1.36. The van der Waals surface area contributed by atoms with Gasteiger partial charge < -0.3 is 14.5 Å². The van der Waals surface area contributed by atoms with Crippen LogP contribution in [0, 0.1) is 0 Å². The molecule has 0 saturated carbocycles. The summed E-state index contributed by atoms with van der Waals surface area (Å²) in [4.78, 5) is 19.6. The molecule has 1 unspecified atom stereocenters. The number of likely N-dealkylation sites (tertiary alicyclic amines) is 2. The van der Waals surface area contributed by atoms with Crippen LogP contribution in [0.15, 0.2) is 24.3 Å². The molecular formula is C21H31N3O2. The minimum atomic E-state index is 0.00945. The zero-order valence-corrected chi connectivity index (χ0v) is 16.1. The number of piperidine rings is 1. The zero-order valence-electron chi connectivity index (χ0n) is 16.1. The number of carbonyl (C=O) groups excluding carboxylic acids is 1. The number of benzene rings is 1. The second-order valence-corrected chi connectivity index (χ2v) is 8.33. The first-order valence-corrected chi connectivity index (χ1v) is 10.0. The first-order chi connectivity index (χ1) is 12.6. The van der Waals surface area contributed by atoms with Gasteiger partial charge in [-0.2, -0.15) is 0 Å². The maximum Gasteiger partial charge on any atom is 0.253 e. The van der Waals surface area contributed by atoms with E-state index in [0.29, 0.717) is 6.04 Å². The Bertz CT molecular complexity index is 646. The predicted molar refractivity (Wildman–Crippen MR) is 104 cm³/mol. The average Bonchev–Trinajstić information content (AvgIpc) is 3.32. The van der Waals surface area contributed by atoms with Crippen molar-refractivity contribution >= 4 is 11.6 Å². The van der Waals surface area contributed by atoms with Crippen LogP contribution in [0.25, 0.3) is 0 Å². The first-order valence-electron chi connectivity index (χ1n) is 10.0. The average molecular weight is 357 g/mol. The van der Waals surface area contributed by atoms with Gasteiger partial charge in [-0.05, 0) is 63.4 Å². The quantitative estimate of drug-likeness (QED) is 0.833. The number of ether oxygens (including phenoxy) is 1. The molecule has 0 radical (unpaired) electrons. The number of anilines is 1. The summed E-state index contributed by atoms with van der Waals surface area (Å²) in [6.07, 6.45) is 5.74. The van der Waals surface area contributed by atoms with E-state index in [-0.39, 0.29) is 11.5 Å². The van der Waals surface area contributed by atoms with Gasteiger partial charge >= 0.3 is 0 Å². The predicted octanol–water partition coefficient (Wildman–Crippen LogP) is 2.61. The largest absolute Gasteiger partial charge is 0.378 e. The Morgan fingerprint density at radius 2 is 1.88 bits per heavy atom. The maximum atomic E-state index is 12.9. The summed E-state index contributed by atoms with van der Waals surface area (Å²) in [5, 5.41) is 0. The van der Waals surface area contributed by atoms with Crippen LogP contribution < -0.4 is 4.90 Å². The first kappa shape index (κ1) is 17.8. The molecule has 142 valence electrons. The molecule has 3 saturated heterocycles. The number of rotatable bonds is 3. The van der Waals surface area contributed by atoms with Gasteiger partial charge in [0.2, 0.25) is 0 Å². The molecule has 0 aromatic heterocycles. The Morgan fingerprint density at radius 3 is 2.58 bits per heavy atom. The van der Waals surface area contributed by atoms with Crippen LogP contribution in [0.3, 0.4) is 0 Å². The van der Waals surface area contributed by atoms with Crippen molar-refractivity contribution in [3.63, 3.8) is 0 Å². The van der Waals surface area contributed by atoms with E-state index in [9.17, 15) is 4.79 Å². The van der Waals surface area contributed by atoms with Crippen molar-refractivity contribution < 1.29 is 9.53 Å². The molecule has 5 nitrogen and oxygen atoms in total. The van der Waals surface area contributed by atoms with Crippen LogP contribution in [0.4, 0.5) is 5.69 Å². The molecule has 0 N–H and O–H groups in total. The van der Waals surface area contributed by atoms with E-state index >= 15 is 0 Å². The summed E-state index contributed by atoms with van der Waals surface area (Å²) in [6, 6.07) is 8.51. The second kappa shape index (κ2) is 7.20. The summed E-state index contributed by atoms with van der Waals surface area (Å²) in [7, 11) is 4.00. The van der Waals surface area contributed by atoms with Gasteiger partial charge in [-0.1, -0.05) is 6.07 Å².